The number of carbonyl (C=O) groups is 1. The van der Waals surface area contributed by atoms with Crippen molar-refractivity contribution < 1.29 is 9.21 Å². The molecule has 0 bridgehead atoms. The summed E-state index contributed by atoms with van der Waals surface area (Å²) in [5, 5.41) is 4.18. The van der Waals surface area contributed by atoms with Crippen LogP contribution in [0.1, 0.15) is 16.9 Å². The molecule has 2 aromatic carbocycles. The summed E-state index contributed by atoms with van der Waals surface area (Å²) in [6.07, 6.45) is 1.57. The lowest BCUT2D eigenvalue weighted by molar-refractivity contribution is -0.118. The van der Waals surface area contributed by atoms with Gasteiger partial charge in [-0.15, -0.1) is 0 Å². The largest absolute Gasteiger partial charge is 0.467 e. The third kappa shape index (κ3) is 3.93. The topological polar surface area (TPSA) is 92.9 Å². The van der Waals surface area contributed by atoms with Crippen LogP contribution < -0.4 is 10.9 Å². The van der Waals surface area contributed by atoms with E-state index in [0.29, 0.717) is 28.5 Å². The van der Waals surface area contributed by atoms with E-state index in [9.17, 15) is 9.59 Å². The molecule has 0 aliphatic heterocycles. The van der Waals surface area contributed by atoms with Gasteiger partial charge in [-0.1, -0.05) is 42.1 Å². The van der Waals surface area contributed by atoms with Gasteiger partial charge in [-0.2, -0.15) is 0 Å². The molecular weight excluding hydrogens is 436 g/mol. The minimum absolute atomic E-state index is 0.117. The van der Waals surface area contributed by atoms with Gasteiger partial charge in [0.2, 0.25) is 5.91 Å². The number of nitrogens with zero attached hydrogens (tertiary/aromatic N) is 2. The van der Waals surface area contributed by atoms with Crippen LogP contribution in [-0.4, -0.2) is 26.2 Å². The molecule has 3 heterocycles. The average molecular weight is 459 g/mol. The lowest BCUT2D eigenvalue weighted by atomic mass is 10.1. The molecule has 5 rings (SSSR count). The van der Waals surface area contributed by atoms with E-state index in [1.807, 2.05) is 56.3 Å². The van der Waals surface area contributed by atoms with Crippen molar-refractivity contribution >= 4 is 39.6 Å². The predicted octanol–water partition coefficient (Wildman–Crippen LogP) is 4.49. The van der Waals surface area contributed by atoms with Gasteiger partial charge in [0.25, 0.3) is 5.56 Å². The molecule has 0 radical (unpaired) electrons. The van der Waals surface area contributed by atoms with Gasteiger partial charge in [-0.05, 0) is 49.2 Å². The molecule has 0 unspecified atom stereocenters. The molecule has 8 heteroatoms. The van der Waals surface area contributed by atoms with Crippen LogP contribution in [0, 0.1) is 13.8 Å². The van der Waals surface area contributed by atoms with Gasteiger partial charge in [-0.25, -0.2) is 4.98 Å². The maximum Gasteiger partial charge on any atom is 0.283 e. The van der Waals surface area contributed by atoms with E-state index in [1.165, 1.54) is 11.8 Å². The van der Waals surface area contributed by atoms with Crippen molar-refractivity contribution in [2.45, 2.75) is 25.5 Å². The first-order valence-corrected chi connectivity index (χ1v) is 11.5. The molecular formula is C25H22N4O3S. The smallest absolute Gasteiger partial charge is 0.283 e. The Morgan fingerprint density at radius 3 is 2.79 bits per heavy atom. The van der Waals surface area contributed by atoms with Crippen molar-refractivity contribution in [1.29, 1.82) is 0 Å². The highest BCUT2D eigenvalue weighted by Crippen LogP contribution is 2.27. The zero-order valence-corrected chi connectivity index (χ0v) is 19.0. The van der Waals surface area contributed by atoms with Gasteiger partial charge in [0.1, 0.15) is 16.8 Å². The summed E-state index contributed by atoms with van der Waals surface area (Å²) in [5.41, 5.74) is 4.53. The Hall–Kier alpha value is -3.78. The number of hydrogen-bond acceptors (Lipinski definition) is 5. The maximum absolute atomic E-state index is 13.7. The fourth-order valence-electron chi connectivity index (χ4n) is 3.81. The van der Waals surface area contributed by atoms with Crippen molar-refractivity contribution in [2.75, 3.05) is 5.75 Å². The molecule has 33 heavy (non-hydrogen) atoms. The number of hydrogen-bond donors (Lipinski definition) is 2. The fourth-order valence-corrected chi connectivity index (χ4v) is 4.64. The number of aryl methyl sites for hydroxylation is 1. The number of thioether (sulfide) groups is 1. The van der Waals surface area contributed by atoms with E-state index in [2.05, 4.69) is 10.3 Å². The predicted molar refractivity (Wildman–Crippen MR) is 130 cm³/mol. The van der Waals surface area contributed by atoms with Gasteiger partial charge in [0.15, 0.2) is 5.16 Å². The molecule has 0 fully saturated rings. The number of benzene rings is 2. The van der Waals surface area contributed by atoms with Gasteiger partial charge >= 0.3 is 0 Å². The molecule has 166 valence electrons. The monoisotopic (exact) mass is 458 g/mol. The molecule has 7 nitrogen and oxygen atoms in total. The van der Waals surface area contributed by atoms with Gasteiger partial charge < -0.3 is 14.7 Å². The van der Waals surface area contributed by atoms with E-state index in [1.54, 1.807) is 23.0 Å². The van der Waals surface area contributed by atoms with Crippen LogP contribution in [0.5, 0.6) is 0 Å². The van der Waals surface area contributed by atoms with Crippen LogP contribution >= 0.6 is 11.8 Å². The molecule has 0 atom stereocenters. The molecule has 0 saturated heterocycles. The number of aromatic nitrogens is 3. The van der Waals surface area contributed by atoms with Crippen molar-refractivity contribution in [3.05, 3.63) is 88.1 Å². The van der Waals surface area contributed by atoms with Gasteiger partial charge in [-0.3, -0.25) is 14.2 Å². The van der Waals surface area contributed by atoms with E-state index in [4.69, 9.17) is 9.40 Å². The zero-order valence-electron chi connectivity index (χ0n) is 18.2. The molecule has 0 saturated carbocycles. The van der Waals surface area contributed by atoms with Crippen LogP contribution in [0.25, 0.3) is 27.6 Å². The summed E-state index contributed by atoms with van der Waals surface area (Å²) in [6, 6.07) is 17.1. The van der Waals surface area contributed by atoms with Crippen LogP contribution in [0.15, 0.2) is 75.2 Å². The number of para-hydroxylation sites is 1. The number of amides is 1. The Morgan fingerprint density at radius 2 is 1.97 bits per heavy atom. The summed E-state index contributed by atoms with van der Waals surface area (Å²) in [4.78, 5) is 34.2. The van der Waals surface area contributed by atoms with Crippen molar-refractivity contribution in [3.63, 3.8) is 0 Å². The summed E-state index contributed by atoms with van der Waals surface area (Å²) in [7, 11) is 0. The van der Waals surface area contributed by atoms with Crippen LogP contribution in [0.2, 0.25) is 0 Å². The van der Waals surface area contributed by atoms with E-state index >= 15 is 0 Å². The number of fused-ring (bicyclic) bond motifs is 3. The highest BCUT2D eigenvalue weighted by Gasteiger charge is 2.19. The first-order chi connectivity index (χ1) is 16.0. The highest BCUT2D eigenvalue weighted by molar-refractivity contribution is 7.99. The summed E-state index contributed by atoms with van der Waals surface area (Å²) in [6.45, 7) is 4.30. The molecule has 0 aliphatic carbocycles. The van der Waals surface area contributed by atoms with E-state index in [-0.39, 0.29) is 17.2 Å². The summed E-state index contributed by atoms with van der Waals surface area (Å²) >= 11 is 1.24. The van der Waals surface area contributed by atoms with Crippen LogP contribution in [0.4, 0.5) is 0 Å². The average Bonchev–Trinajstić information content (AvgIpc) is 3.47. The minimum Gasteiger partial charge on any atom is -0.467 e. The molecule has 2 N–H and O–H groups in total. The molecule has 3 aromatic heterocycles. The Balaban J connectivity index is 1.57. The Kier molecular flexibility index (Phi) is 5.51. The summed E-state index contributed by atoms with van der Waals surface area (Å²) in [5.74, 6) is 0.627. The number of furan rings is 1. The fraction of sp³-hybridized carbons (Fsp3) is 0.160. The zero-order chi connectivity index (χ0) is 22.9. The lowest BCUT2D eigenvalue weighted by Gasteiger charge is -2.15. The minimum atomic E-state index is -0.191. The Bertz CT molecular complexity index is 1530. The third-order valence-electron chi connectivity index (χ3n) is 5.68. The van der Waals surface area contributed by atoms with Gasteiger partial charge in [0, 0.05) is 10.9 Å². The molecule has 5 aromatic rings. The number of aromatic amines is 1. The van der Waals surface area contributed by atoms with E-state index < -0.39 is 0 Å². The quantitative estimate of drug-likeness (QED) is 0.289. The van der Waals surface area contributed by atoms with Crippen molar-refractivity contribution in [3.8, 4) is 5.69 Å². The van der Waals surface area contributed by atoms with Crippen molar-refractivity contribution in [1.82, 2.24) is 19.9 Å². The van der Waals surface area contributed by atoms with Crippen LogP contribution in [0.3, 0.4) is 0 Å². The lowest BCUT2D eigenvalue weighted by Crippen LogP contribution is -2.26. The van der Waals surface area contributed by atoms with Gasteiger partial charge in [0.05, 0.1) is 24.2 Å². The second-order valence-corrected chi connectivity index (χ2v) is 8.74. The first kappa shape index (κ1) is 21.1. The van der Waals surface area contributed by atoms with E-state index in [0.717, 1.165) is 27.7 Å². The Labute approximate surface area is 193 Å². The third-order valence-corrected chi connectivity index (χ3v) is 6.62. The second kappa shape index (κ2) is 8.63. The molecule has 0 spiro atoms. The Morgan fingerprint density at radius 1 is 1.12 bits per heavy atom. The molecule has 0 aliphatic rings. The van der Waals surface area contributed by atoms with Crippen LogP contribution in [-0.2, 0) is 11.3 Å². The number of carbonyl (C=O) groups excluding carboxylic acids is 1. The standard InChI is InChI=1S/C25H22N4O3S/c1-15-7-5-11-20(16(15)2)29-24(31)23-22(18-9-3-4-10-19(18)27-23)28-25(29)33-14-21(30)26-13-17-8-6-12-32-17/h3-12,27H,13-14H2,1-2H3,(H,26,30). The number of H-pyrrole nitrogens is 1. The normalized spacial score (nSPS) is 11.3. The SMILES string of the molecule is Cc1cccc(-n2c(SCC(=O)NCc3ccco3)nc3c([nH]c4ccccc43)c2=O)c1C. The number of nitrogens with one attached hydrogen (secondary N) is 2. The second-order valence-electron chi connectivity index (χ2n) is 7.79. The summed E-state index contributed by atoms with van der Waals surface area (Å²) < 4.78 is 6.86. The maximum atomic E-state index is 13.7. The van der Waals surface area contributed by atoms with Crippen molar-refractivity contribution in [2.24, 2.45) is 0 Å². The first-order valence-electron chi connectivity index (χ1n) is 10.5. The highest BCUT2D eigenvalue weighted by atomic mass is 32.2. The molecule has 1 amide bonds. The number of rotatable bonds is 6.